The fourth-order valence-electron chi connectivity index (χ4n) is 2.56. The summed E-state index contributed by atoms with van der Waals surface area (Å²) in [5, 5.41) is 22.5. The zero-order valence-corrected chi connectivity index (χ0v) is 12.2. The van der Waals surface area contributed by atoms with E-state index in [1.165, 1.54) is 12.1 Å². The molecular formula is C18H14N2O3. The summed E-state index contributed by atoms with van der Waals surface area (Å²) < 4.78 is 0. The van der Waals surface area contributed by atoms with E-state index in [1.807, 2.05) is 6.07 Å². The molecule has 23 heavy (non-hydrogen) atoms. The Morgan fingerprint density at radius 2 is 1.61 bits per heavy atom. The molecule has 0 bridgehead atoms. The van der Waals surface area contributed by atoms with Crippen LogP contribution in [0.2, 0.25) is 0 Å². The Labute approximate surface area is 133 Å². The van der Waals surface area contributed by atoms with Gasteiger partial charge < -0.3 is 5.11 Å². The number of non-ortho nitro benzene ring substituents is 1. The molecule has 2 aromatic carbocycles. The van der Waals surface area contributed by atoms with Crippen molar-refractivity contribution in [3.05, 3.63) is 106 Å². The van der Waals surface area contributed by atoms with E-state index in [4.69, 9.17) is 0 Å². The van der Waals surface area contributed by atoms with Crippen LogP contribution in [0.15, 0.2) is 79.0 Å². The number of hydrogen-bond donors (Lipinski definition) is 1. The standard InChI is InChI=1S/C18H14N2O3/c21-18(14-7-2-1-3-8-14,17-11-4-5-12-19-17)15-9-6-10-16(13-15)20(22)23/h1-13,21H. The molecule has 3 aromatic rings. The van der Waals surface area contributed by atoms with Crippen LogP contribution < -0.4 is 0 Å². The Bertz CT molecular complexity index is 780. The van der Waals surface area contributed by atoms with Gasteiger partial charge in [-0.25, -0.2) is 0 Å². The molecule has 5 heteroatoms. The molecule has 5 nitrogen and oxygen atoms in total. The summed E-state index contributed by atoms with van der Waals surface area (Å²) >= 11 is 0. The van der Waals surface area contributed by atoms with Crippen LogP contribution in [0.1, 0.15) is 16.8 Å². The normalized spacial score (nSPS) is 13.3. The summed E-state index contributed by atoms with van der Waals surface area (Å²) in [5.74, 6) is 0. The lowest BCUT2D eigenvalue weighted by Gasteiger charge is -2.28. The maximum Gasteiger partial charge on any atom is 0.269 e. The van der Waals surface area contributed by atoms with E-state index in [1.54, 1.807) is 60.8 Å². The fraction of sp³-hybridized carbons (Fsp3) is 0.0556. The highest BCUT2D eigenvalue weighted by atomic mass is 16.6. The molecule has 0 radical (unpaired) electrons. The summed E-state index contributed by atoms with van der Waals surface area (Å²) in [5.41, 5.74) is -0.232. The first-order valence-corrected chi connectivity index (χ1v) is 7.06. The van der Waals surface area contributed by atoms with Gasteiger partial charge in [0, 0.05) is 23.9 Å². The summed E-state index contributed by atoms with van der Waals surface area (Å²) in [6, 6.07) is 20.2. The Balaban J connectivity index is 2.25. The summed E-state index contributed by atoms with van der Waals surface area (Å²) in [6.07, 6.45) is 1.58. The lowest BCUT2D eigenvalue weighted by Crippen LogP contribution is -2.30. The van der Waals surface area contributed by atoms with Gasteiger partial charge in [0.1, 0.15) is 0 Å². The lowest BCUT2D eigenvalue weighted by atomic mass is 9.83. The highest BCUT2D eigenvalue weighted by Gasteiger charge is 2.35. The minimum Gasteiger partial charge on any atom is -0.374 e. The van der Waals surface area contributed by atoms with Crippen molar-refractivity contribution in [2.45, 2.75) is 5.60 Å². The fourth-order valence-corrected chi connectivity index (χ4v) is 2.56. The van der Waals surface area contributed by atoms with Gasteiger partial charge in [-0.1, -0.05) is 48.5 Å². The average Bonchev–Trinajstić information content (AvgIpc) is 2.62. The Hall–Kier alpha value is -3.05. The minimum atomic E-state index is -1.56. The second kappa shape index (κ2) is 5.98. The molecule has 0 fully saturated rings. The van der Waals surface area contributed by atoms with Crippen LogP contribution >= 0.6 is 0 Å². The molecule has 114 valence electrons. The quantitative estimate of drug-likeness (QED) is 0.593. The van der Waals surface area contributed by atoms with Crippen LogP contribution in [-0.4, -0.2) is 15.0 Å². The molecule has 1 aromatic heterocycles. The highest BCUT2D eigenvalue weighted by Crippen LogP contribution is 2.36. The molecule has 0 saturated carbocycles. The van der Waals surface area contributed by atoms with E-state index in [2.05, 4.69) is 4.98 Å². The van der Waals surface area contributed by atoms with Gasteiger partial charge >= 0.3 is 0 Å². The minimum absolute atomic E-state index is 0.0761. The van der Waals surface area contributed by atoms with E-state index in [9.17, 15) is 15.2 Å². The highest BCUT2D eigenvalue weighted by molar-refractivity contribution is 5.48. The number of nitrogens with zero attached hydrogens (tertiary/aromatic N) is 2. The van der Waals surface area contributed by atoms with Crippen molar-refractivity contribution in [3.63, 3.8) is 0 Å². The Morgan fingerprint density at radius 3 is 2.26 bits per heavy atom. The third kappa shape index (κ3) is 2.69. The van der Waals surface area contributed by atoms with Crippen molar-refractivity contribution in [2.75, 3.05) is 0 Å². The number of rotatable bonds is 4. The smallest absolute Gasteiger partial charge is 0.269 e. The maximum atomic E-state index is 11.4. The van der Waals surface area contributed by atoms with Crippen LogP contribution in [0.4, 0.5) is 5.69 Å². The first kappa shape index (κ1) is 14.9. The van der Waals surface area contributed by atoms with E-state index in [0.29, 0.717) is 16.8 Å². The maximum absolute atomic E-state index is 11.4. The van der Waals surface area contributed by atoms with Crippen LogP contribution in [0.5, 0.6) is 0 Å². The molecule has 1 unspecified atom stereocenters. The second-order valence-corrected chi connectivity index (χ2v) is 5.10. The van der Waals surface area contributed by atoms with E-state index >= 15 is 0 Å². The predicted molar refractivity (Wildman–Crippen MR) is 85.9 cm³/mol. The van der Waals surface area contributed by atoms with Crippen molar-refractivity contribution >= 4 is 5.69 Å². The summed E-state index contributed by atoms with van der Waals surface area (Å²) in [6.45, 7) is 0. The number of hydrogen-bond acceptors (Lipinski definition) is 4. The van der Waals surface area contributed by atoms with Gasteiger partial charge in [0.15, 0.2) is 5.60 Å². The van der Waals surface area contributed by atoms with Crippen molar-refractivity contribution in [1.29, 1.82) is 0 Å². The van der Waals surface area contributed by atoms with E-state index in [0.717, 1.165) is 0 Å². The van der Waals surface area contributed by atoms with Crippen LogP contribution in [-0.2, 0) is 5.60 Å². The third-order valence-corrected chi connectivity index (χ3v) is 3.70. The monoisotopic (exact) mass is 306 g/mol. The molecule has 0 aliphatic rings. The zero-order chi connectivity index (χ0) is 16.3. The summed E-state index contributed by atoms with van der Waals surface area (Å²) in [4.78, 5) is 14.8. The topological polar surface area (TPSA) is 76.3 Å². The van der Waals surface area contributed by atoms with Crippen molar-refractivity contribution in [3.8, 4) is 0 Å². The lowest BCUT2D eigenvalue weighted by molar-refractivity contribution is -0.385. The first-order valence-electron chi connectivity index (χ1n) is 7.06. The van der Waals surface area contributed by atoms with E-state index in [-0.39, 0.29) is 5.69 Å². The molecular weight excluding hydrogens is 292 g/mol. The number of aromatic nitrogens is 1. The molecule has 0 aliphatic carbocycles. The van der Waals surface area contributed by atoms with Gasteiger partial charge in [0.25, 0.3) is 5.69 Å². The molecule has 1 heterocycles. The SMILES string of the molecule is O=[N+]([O-])c1cccc(C(O)(c2ccccc2)c2ccccn2)c1. The van der Waals surface area contributed by atoms with Crippen molar-refractivity contribution in [2.24, 2.45) is 0 Å². The molecule has 0 aliphatic heterocycles. The largest absolute Gasteiger partial charge is 0.374 e. The number of nitro groups is 1. The van der Waals surface area contributed by atoms with Gasteiger partial charge in [-0.15, -0.1) is 0 Å². The predicted octanol–water partition coefficient (Wildman–Crippen LogP) is 3.27. The molecule has 0 saturated heterocycles. The second-order valence-electron chi connectivity index (χ2n) is 5.10. The van der Waals surface area contributed by atoms with Gasteiger partial charge in [0.05, 0.1) is 10.6 Å². The molecule has 1 atom stereocenters. The molecule has 1 N–H and O–H groups in total. The summed E-state index contributed by atoms with van der Waals surface area (Å²) in [7, 11) is 0. The van der Waals surface area contributed by atoms with Gasteiger partial charge in [-0.05, 0) is 17.7 Å². The van der Waals surface area contributed by atoms with Crippen LogP contribution in [0.3, 0.4) is 0 Å². The number of nitro benzene ring substituents is 1. The molecule has 3 rings (SSSR count). The molecule has 0 spiro atoms. The Kier molecular flexibility index (Phi) is 3.87. The van der Waals surface area contributed by atoms with Crippen molar-refractivity contribution in [1.82, 2.24) is 4.98 Å². The first-order chi connectivity index (χ1) is 11.1. The van der Waals surface area contributed by atoms with Gasteiger partial charge in [-0.2, -0.15) is 0 Å². The number of benzene rings is 2. The number of pyridine rings is 1. The third-order valence-electron chi connectivity index (χ3n) is 3.70. The number of aliphatic hydroxyl groups is 1. The van der Waals surface area contributed by atoms with Crippen LogP contribution in [0, 0.1) is 10.1 Å². The van der Waals surface area contributed by atoms with Gasteiger partial charge in [0.2, 0.25) is 0 Å². The average molecular weight is 306 g/mol. The van der Waals surface area contributed by atoms with E-state index < -0.39 is 10.5 Å². The van der Waals surface area contributed by atoms with Crippen molar-refractivity contribution < 1.29 is 10.0 Å². The Morgan fingerprint density at radius 1 is 0.913 bits per heavy atom. The molecule has 0 amide bonds. The van der Waals surface area contributed by atoms with Gasteiger partial charge in [-0.3, -0.25) is 15.1 Å². The van der Waals surface area contributed by atoms with Crippen LogP contribution in [0.25, 0.3) is 0 Å². The zero-order valence-electron chi connectivity index (χ0n) is 12.2.